The monoisotopic (exact) mass is 363 g/mol. The Labute approximate surface area is 152 Å². The van der Waals surface area contributed by atoms with Gasteiger partial charge in [0.25, 0.3) is 0 Å². The number of aliphatic carboxylic acids is 1. The quantitative estimate of drug-likeness (QED) is 0.670. The predicted molar refractivity (Wildman–Crippen MR) is 95.1 cm³/mol. The van der Waals surface area contributed by atoms with Gasteiger partial charge in [-0.3, -0.25) is 4.79 Å². The van der Waals surface area contributed by atoms with Crippen LogP contribution in [0.5, 0.6) is 5.75 Å². The molecule has 1 heterocycles. The molecule has 3 amide bonds. The Morgan fingerprint density at radius 1 is 1.31 bits per heavy atom. The molecular weight excluding hydrogens is 338 g/mol. The lowest BCUT2D eigenvalue weighted by Crippen LogP contribution is -2.54. The van der Waals surface area contributed by atoms with Gasteiger partial charge < -0.3 is 25.4 Å². The molecule has 2 atom stereocenters. The fourth-order valence-electron chi connectivity index (χ4n) is 3.05. The third-order valence-corrected chi connectivity index (χ3v) is 4.36. The van der Waals surface area contributed by atoms with E-state index >= 15 is 0 Å². The number of nitrogens with zero attached hydrogens (tertiary/aromatic N) is 1. The summed E-state index contributed by atoms with van der Waals surface area (Å²) >= 11 is 0. The van der Waals surface area contributed by atoms with E-state index in [-0.39, 0.29) is 12.3 Å². The zero-order valence-corrected chi connectivity index (χ0v) is 15.0. The Balaban J connectivity index is 2.17. The van der Waals surface area contributed by atoms with Crippen molar-refractivity contribution < 1.29 is 24.2 Å². The van der Waals surface area contributed by atoms with Crippen molar-refractivity contribution in [3.05, 3.63) is 29.8 Å². The molecular formula is C18H25N3O5. The van der Waals surface area contributed by atoms with Crippen LogP contribution in [0.2, 0.25) is 0 Å². The lowest BCUT2D eigenvalue weighted by atomic mass is 10.0. The van der Waals surface area contributed by atoms with E-state index in [9.17, 15) is 19.5 Å². The molecule has 1 fully saturated rings. The van der Waals surface area contributed by atoms with Crippen molar-refractivity contribution in [2.45, 2.75) is 38.3 Å². The summed E-state index contributed by atoms with van der Waals surface area (Å²) in [6.07, 6.45) is 1.33. The van der Waals surface area contributed by atoms with Gasteiger partial charge in [0.1, 0.15) is 17.8 Å². The van der Waals surface area contributed by atoms with E-state index < -0.39 is 24.1 Å². The van der Waals surface area contributed by atoms with Gasteiger partial charge in [-0.05, 0) is 37.5 Å². The van der Waals surface area contributed by atoms with E-state index in [0.29, 0.717) is 31.7 Å². The molecule has 1 saturated heterocycles. The maximum atomic E-state index is 12.9. The number of ether oxygens (including phenoxy) is 1. The smallest absolute Gasteiger partial charge is 0.326 e. The highest BCUT2D eigenvalue weighted by molar-refractivity contribution is 5.90. The van der Waals surface area contributed by atoms with Crippen LogP contribution < -0.4 is 15.4 Å². The van der Waals surface area contributed by atoms with Crippen LogP contribution in [-0.4, -0.2) is 60.2 Å². The second-order valence-corrected chi connectivity index (χ2v) is 6.14. The molecule has 8 nitrogen and oxygen atoms in total. The van der Waals surface area contributed by atoms with Crippen LogP contribution in [0.1, 0.15) is 25.3 Å². The average molecular weight is 363 g/mol. The fraction of sp³-hybridized carbons (Fsp3) is 0.500. The van der Waals surface area contributed by atoms with Crippen molar-refractivity contribution >= 4 is 17.9 Å². The van der Waals surface area contributed by atoms with E-state index in [4.69, 9.17) is 4.74 Å². The Morgan fingerprint density at radius 2 is 2.00 bits per heavy atom. The molecule has 0 aromatic heterocycles. The van der Waals surface area contributed by atoms with Gasteiger partial charge in [0.15, 0.2) is 0 Å². The first-order chi connectivity index (χ1) is 12.5. The minimum Gasteiger partial charge on any atom is -0.497 e. The Hall–Kier alpha value is -2.77. The highest BCUT2D eigenvalue weighted by atomic mass is 16.5. The molecule has 0 saturated carbocycles. The number of carboxylic acids is 1. The zero-order valence-electron chi connectivity index (χ0n) is 15.0. The van der Waals surface area contributed by atoms with Gasteiger partial charge in [-0.2, -0.15) is 0 Å². The zero-order chi connectivity index (χ0) is 19.1. The molecule has 0 bridgehead atoms. The van der Waals surface area contributed by atoms with Crippen LogP contribution in [0.3, 0.4) is 0 Å². The average Bonchev–Trinajstić information content (AvgIpc) is 3.11. The Kier molecular flexibility index (Phi) is 6.82. The number of nitrogens with one attached hydrogen (secondary N) is 2. The molecule has 0 radical (unpaired) electrons. The summed E-state index contributed by atoms with van der Waals surface area (Å²) < 4.78 is 5.12. The molecule has 1 aliphatic rings. The van der Waals surface area contributed by atoms with E-state index in [1.165, 1.54) is 4.90 Å². The molecule has 0 aliphatic carbocycles. The van der Waals surface area contributed by atoms with E-state index in [1.54, 1.807) is 26.2 Å². The lowest BCUT2D eigenvalue weighted by molar-refractivity contribution is -0.148. The minimum atomic E-state index is -1.02. The SMILES string of the molecule is CCNC(=O)N[C@H](Cc1ccc(OC)cc1)C(=O)N1CCCC1C(=O)O. The van der Waals surface area contributed by atoms with Gasteiger partial charge in [-0.1, -0.05) is 12.1 Å². The van der Waals surface area contributed by atoms with Crippen molar-refractivity contribution in [3.8, 4) is 5.75 Å². The summed E-state index contributed by atoms with van der Waals surface area (Å²) in [7, 11) is 1.57. The van der Waals surface area contributed by atoms with Crippen molar-refractivity contribution in [3.63, 3.8) is 0 Å². The topological polar surface area (TPSA) is 108 Å². The predicted octanol–water partition coefficient (Wildman–Crippen LogP) is 1.00. The molecule has 1 aromatic carbocycles. The van der Waals surface area contributed by atoms with E-state index in [1.807, 2.05) is 12.1 Å². The number of hydrogen-bond acceptors (Lipinski definition) is 4. The summed E-state index contributed by atoms with van der Waals surface area (Å²) in [5.74, 6) is -0.701. The van der Waals surface area contributed by atoms with Gasteiger partial charge in [-0.15, -0.1) is 0 Å². The van der Waals surface area contributed by atoms with Crippen LogP contribution in [0, 0.1) is 0 Å². The normalized spacial score (nSPS) is 17.5. The van der Waals surface area contributed by atoms with Crippen molar-refractivity contribution in [2.75, 3.05) is 20.2 Å². The summed E-state index contributed by atoms with van der Waals surface area (Å²) in [6, 6.07) is 5.06. The Bertz CT molecular complexity index is 647. The van der Waals surface area contributed by atoms with Gasteiger partial charge >= 0.3 is 12.0 Å². The van der Waals surface area contributed by atoms with Gasteiger partial charge in [-0.25, -0.2) is 9.59 Å². The molecule has 142 valence electrons. The third kappa shape index (κ3) is 4.87. The van der Waals surface area contributed by atoms with Gasteiger partial charge in [0, 0.05) is 19.5 Å². The molecule has 1 aliphatic heterocycles. The molecule has 8 heteroatoms. The first-order valence-corrected chi connectivity index (χ1v) is 8.66. The van der Waals surface area contributed by atoms with Crippen molar-refractivity contribution in [1.29, 1.82) is 0 Å². The van der Waals surface area contributed by atoms with E-state index in [2.05, 4.69) is 10.6 Å². The molecule has 2 rings (SSSR count). The number of methoxy groups -OCH3 is 1. The van der Waals surface area contributed by atoms with Crippen LogP contribution in [-0.2, 0) is 16.0 Å². The number of likely N-dealkylation sites (tertiary alicyclic amines) is 1. The summed E-state index contributed by atoms with van der Waals surface area (Å²) in [5, 5.41) is 14.6. The number of carbonyl (C=O) groups excluding carboxylic acids is 2. The lowest BCUT2D eigenvalue weighted by Gasteiger charge is -2.27. The highest BCUT2D eigenvalue weighted by Crippen LogP contribution is 2.20. The van der Waals surface area contributed by atoms with Crippen LogP contribution in [0.15, 0.2) is 24.3 Å². The summed E-state index contributed by atoms with van der Waals surface area (Å²) in [5.41, 5.74) is 0.840. The molecule has 26 heavy (non-hydrogen) atoms. The van der Waals surface area contributed by atoms with Crippen molar-refractivity contribution in [2.24, 2.45) is 0 Å². The third-order valence-electron chi connectivity index (χ3n) is 4.36. The van der Waals surface area contributed by atoms with Crippen molar-refractivity contribution in [1.82, 2.24) is 15.5 Å². The maximum absolute atomic E-state index is 12.9. The maximum Gasteiger partial charge on any atom is 0.326 e. The fourth-order valence-corrected chi connectivity index (χ4v) is 3.05. The molecule has 0 spiro atoms. The molecule has 1 unspecified atom stereocenters. The Morgan fingerprint density at radius 3 is 2.58 bits per heavy atom. The second kappa shape index (κ2) is 9.07. The number of carboxylic acid groups (broad SMARTS) is 1. The molecule has 3 N–H and O–H groups in total. The molecule has 1 aromatic rings. The number of amides is 3. The number of carbonyl (C=O) groups is 3. The second-order valence-electron chi connectivity index (χ2n) is 6.14. The summed E-state index contributed by atoms with van der Waals surface area (Å²) in [4.78, 5) is 37.6. The summed E-state index contributed by atoms with van der Waals surface area (Å²) in [6.45, 7) is 2.59. The van der Waals surface area contributed by atoms with E-state index in [0.717, 1.165) is 5.56 Å². The minimum absolute atomic E-state index is 0.267. The van der Waals surface area contributed by atoms with Crippen LogP contribution >= 0.6 is 0 Å². The van der Waals surface area contributed by atoms with Gasteiger partial charge in [0.05, 0.1) is 7.11 Å². The van der Waals surface area contributed by atoms with Gasteiger partial charge in [0.2, 0.25) is 5.91 Å². The number of urea groups is 1. The number of hydrogen-bond donors (Lipinski definition) is 3. The number of benzene rings is 1. The van der Waals surface area contributed by atoms with Crippen LogP contribution in [0.4, 0.5) is 4.79 Å². The first-order valence-electron chi connectivity index (χ1n) is 8.66. The highest BCUT2D eigenvalue weighted by Gasteiger charge is 2.37. The number of rotatable bonds is 7. The standard InChI is InChI=1S/C18H25N3O5/c1-3-19-18(25)20-14(11-12-6-8-13(26-2)9-7-12)16(22)21-10-4-5-15(21)17(23)24/h6-9,14-15H,3-5,10-11H2,1-2H3,(H,23,24)(H2,19,20,25)/t14-,15?/m1/s1. The largest absolute Gasteiger partial charge is 0.497 e. The first kappa shape index (κ1) is 19.6. The van der Waals surface area contributed by atoms with Crippen LogP contribution in [0.25, 0.3) is 0 Å².